The predicted molar refractivity (Wildman–Crippen MR) is 138 cm³/mol. The molecule has 4 rings (SSSR count). The first-order valence-electron chi connectivity index (χ1n) is 9.94. The molecule has 2 aliphatic heterocycles. The fraction of sp³-hybridized carbons (Fsp3) is 0.190. The number of rotatable bonds is 8. The summed E-state index contributed by atoms with van der Waals surface area (Å²) in [7, 11) is 0. The van der Waals surface area contributed by atoms with Crippen molar-refractivity contribution >= 4 is 82.1 Å². The maximum atomic E-state index is 12.8. The Balaban J connectivity index is 1.39. The number of carboxylic acids is 1. The highest BCUT2D eigenvalue weighted by molar-refractivity contribution is 8.02. The van der Waals surface area contributed by atoms with Crippen LogP contribution in [0.4, 0.5) is 5.82 Å². The number of carbonyl (C=O) groups is 3. The zero-order chi connectivity index (χ0) is 25.1. The number of fused-ring (bicyclic) bond motifs is 1. The summed E-state index contributed by atoms with van der Waals surface area (Å²) in [4.78, 5) is 47.2. The summed E-state index contributed by atoms with van der Waals surface area (Å²) in [5.74, 6) is -1.36. The molecule has 3 heterocycles. The number of hydrogen-bond acceptors (Lipinski definition) is 9. The van der Waals surface area contributed by atoms with Gasteiger partial charge >= 0.3 is 5.97 Å². The number of nitrogens with two attached hydrogens (primary N) is 1. The van der Waals surface area contributed by atoms with Gasteiger partial charge in [-0.3, -0.25) is 14.5 Å². The van der Waals surface area contributed by atoms with Crippen molar-refractivity contribution in [1.29, 1.82) is 0 Å². The van der Waals surface area contributed by atoms with E-state index in [0.29, 0.717) is 37.2 Å². The van der Waals surface area contributed by atoms with Crippen molar-refractivity contribution in [2.75, 3.05) is 17.2 Å². The van der Waals surface area contributed by atoms with Crippen LogP contribution in [0.25, 0.3) is 0 Å². The molecule has 2 unspecified atom stereocenters. The van der Waals surface area contributed by atoms with E-state index in [1.165, 1.54) is 46.4 Å². The van der Waals surface area contributed by atoms with E-state index in [1.807, 2.05) is 0 Å². The monoisotopic (exact) mass is 569 g/mol. The number of amides is 2. The third kappa shape index (κ3) is 5.89. The van der Waals surface area contributed by atoms with E-state index in [2.05, 4.69) is 15.3 Å². The molecule has 2 amide bonds. The van der Waals surface area contributed by atoms with E-state index >= 15 is 0 Å². The van der Waals surface area contributed by atoms with Gasteiger partial charge in [-0.2, -0.15) is 0 Å². The summed E-state index contributed by atoms with van der Waals surface area (Å²) >= 11 is 15.8. The Morgan fingerprint density at radius 2 is 2.14 bits per heavy atom. The Morgan fingerprint density at radius 1 is 1.34 bits per heavy atom. The Bertz CT molecular complexity index is 1260. The first kappa shape index (κ1) is 25.7. The van der Waals surface area contributed by atoms with Gasteiger partial charge in [0.2, 0.25) is 5.91 Å². The summed E-state index contributed by atoms with van der Waals surface area (Å²) < 4.78 is 0. The number of carbonyl (C=O) groups excluding carboxylic acids is 2. The first-order valence-corrected chi connectivity index (χ1v) is 13.6. The van der Waals surface area contributed by atoms with Crippen LogP contribution in [0.3, 0.4) is 0 Å². The average Bonchev–Trinajstić information content (AvgIpc) is 2.82. The maximum absolute atomic E-state index is 12.8. The standard InChI is InChI=1S/C21H17Cl2N5O4S3/c22-11-1-2-12(23)13(7-11)34-9-15(29)27-16-18(30)28-17(20(31)32)10(8-35-19(16)28)4-6-33-21-25-5-3-14(24)26-21/h1-7,16,19H,8-9H2,(H,27,29)(H,31,32)(H2,24,25,26)/b6-4+. The van der Waals surface area contributed by atoms with E-state index in [0.717, 1.165) is 0 Å². The molecule has 0 bridgehead atoms. The lowest BCUT2D eigenvalue weighted by Gasteiger charge is -2.49. The molecule has 0 spiro atoms. The molecule has 2 aliphatic rings. The molecule has 14 heteroatoms. The summed E-state index contributed by atoms with van der Waals surface area (Å²) in [6.07, 6.45) is 3.14. The Hall–Kier alpha value is -2.38. The molecule has 1 aromatic carbocycles. The number of nitrogen functional groups attached to an aromatic ring is 1. The lowest BCUT2D eigenvalue weighted by atomic mass is 10.0. The predicted octanol–water partition coefficient (Wildman–Crippen LogP) is 3.50. The number of allylic oxidation sites excluding steroid dienone is 1. The van der Waals surface area contributed by atoms with E-state index in [9.17, 15) is 19.5 Å². The van der Waals surface area contributed by atoms with Gasteiger partial charge in [0.05, 0.1) is 10.8 Å². The minimum Gasteiger partial charge on any atom is -0.477 e. The molecular weight excluding hydrogens is 553 g/mol. The van der Waals surface area contributed by atoms with Gasteiger partial charge in [0, 0.05) is 21.9 Å². The van der Waals surface area contributed by atoms with Crippen molar-refractivity contribution in [3.63, 3.8) is 0 Å². The van der Waals surface area contributed by atoms with E-state index in [1.54, 1.807) is 35.7 Å². The highest BCUT2D eigenvalue weighted by Gasteiger charge is 2.53. The average molecular weight is 571 g/mol. The Labute approximate surface area is 222 Å². The van der Waals surface area contributed by atoms with Crippen LogP contribution in [0.5, 0.6) is 0 Å². The lowest BCUT2D eigenvalue weighted by molar-refractivity contribution is -0.150. The SMILES string of the molecule is Nc1ccnc(S/C=C/C2=C(C(=O)O)N3C(=O)C(NC(=O)CSc4cc(Cl)ccc4Cl)C3SC2)n1. The largest absolute Gasteiger partial charge is 0.477 e. The van der Waals surface area contributed by atoms with Crippen LogP contribution in [0.2, 0.25) is 10.0 Å². The van der Waals surface area contributed by atoms with E-state index in [-0.39, 0.29) is 17.4 Å². The number of aliphatic carboxylic acids is 1. The number of nitrogens with one attached hydrogen (secondary N) is 1. The van der Waals surface area contributed by atoms with Gasteiger partial charge in [-0.05, 0) is 41.3 Å². The highest BCUT2D eigenvalue weighted by atomic mass is 35.5. The quantitative estimate of drug-likeness (QED) is 0.246. The fourth-order valence-electron chi connectivity index (χ4n) is 3.31. The molecule has 1 aromatic heterocycles. The van der Waals surface area contributed by atoms with Gasteiger partial charge < -0.3 is 16.2 Å². The van der Waals surface area contributed by atoms with Crippen LogP contribution in [-0.4, -0.2) is 60.7 Å². The molecule has 4 N–H and O–H groups in total. The van der Waals surface area contributed by atoms with Crippen molar-refractivity contribution in [2.45, 2.75) is 21.5 Å². The molecular formula is C21H17Cl2N5O4S3. The van der Waals surface area contributed by atoms with Crippen molar-refractivity contribution in [2.24, 2.45) is 0 Å². The minimum atomic E-state index is -1.22. The maximum Gasteiger partial charge on any atom is 0.352 e. The second-order valence-electron chi connectivity index (χ2n) is 7.18. The van der Waals surface area contributed by atoms with Crippen LogP contribution in [-0.2, 0) is 14.4 Å². The number of halogens is 2. The zero-order valence-corrected chi connectivity index (χ0v) is 21.6. The van der Waals surface area contributed by atoms with Crippen molar-refractivity contribution < 1.29 is 19.5 Å². The molecule has 0 radical (unpaired) electrons. The van der Waals surface area contributed by atoms with Crippen LogP contribution >= 0.6 is 58.5 Å². The molecule has 1 saturated heterocycles. The van der Waals surface area contributed by atoms with Gasteiger partial charge in [-0.15, -0.1) is 23.5 Å². The minimum absolute atomic E-state index is 0.0279. The number of nitrogens with zero attached hydrogens (tertiary/aromatic N) is 3. The number of anilines is 1. The van der Waals surface area contributed by atoms with E-state index in [4.69, 9.17) is 28.9 Å². The number of aromatic nitrogens is 2. The second kappa shape index (κ2) is 11.1. The highest BCUT2D eigenvalue weighted by Crippen LogP contribution is 2.41. The van der Waals surface area contributed by atoms with Gasteiger partial charge in [-0.25, -0.2) is 14.8 Å². The van der Waals surface area contributed by atoms with Gasteiger partial charge in [0.15, 0.2) is 5.16 Å². The summed E-state index contributed by atoms with van der Waals surface area (Å²) in [6.45, 7) is 0. The number of β-lactam (4-membered cyclic amide) rings is 1. The second-order valence-corrected chi connectivity index (χ2v) is 11.0. The third-order valence-electron chi connectivity index (χ3n) is 4.87. The molecule has 182 valence electrons. The summed E-state index contributed by atoms with van der Waals surface area (Å²) in [5.41, 5.74) is 6.00. The molecule has 0 aliphatic carbocycles. The zero-order valence-electron chi connectivity index (χ0n) is 17.7. The Kier molecular flexibility index (Phi) is 8.17. The van der Waals surface area contributed by atoms with Crippen LogP contribution in [0.15, 0.2) is 63.3 Å². The fourth-order valence-corrected chi connectivity index (χ4v) is 6.56. The topological polar surface area (TPSA) is 139 Å². The number of hydrogen-bond donors (Lipinski definition) is 3. The van der Waals surface area contributed by atoms with Crippen LogP contribution in [0.1, 0.15) is 0 Å². The summed E-state index contributed by atoms with van der Waals surface area (Å²) in [5, 5.41) is 15.0. The van der Waals surface area contributed by atoms with Gasteiger partial charge in [0.25, 0.3) is 5.91 Å². The van der Waals surface area contributed by atoms with Gasteiger partial charge in [0.1, 0.15) is 22.9 Å². The summed E-state index contributed by atoms with van der Waals surface area (Å²) in [6, 6.07) is 5.70. The van der Waals surface area contributed by atoms with Crippen LogP contribution < -0.4 is 11.1 Å². The van der Waals surface area contributed by atoms with Crippen molar-refractivity contribution in [3.8, 4) is 0 Å². The smallest absolute Gasteiger partial charge is 0.352 e. The molecule has 0 saturated carbocycles. The van der Waals surface area contributed by atoms with Crippen molar-refractivity contribution in [1.82, 2.24) is 20.2 Å². The number of benzene rings is 1. The van der Waals surface area contributed by atoms with Gasteiger partial charge in [-0.1, -0.05) is 35.0 Å². The third-order valence-corrected chi connectivity index (χ3v) is 8.58. The van der Waals surface area contributed by atoms with Crippen LogP contribution in [0, 0.1) is 0 Å². The number of carboxylic acid groups (broad SMARTS) is 1. The molecule has 2 aromatic rings. The molecule has 35 heavy (non-hydrogen) atoms. The van der Waals surface area contributed by atoms with E-state index < -0.39 is 23.3 Å². The first-order chi connectivity index (χ1) is 16.7. The normalized spacial score (nSPS) is 19.5. The van der Waals surface area contributed by atoms with Crippen molar-refractivity contribution in [3.05, 3.63) is 63.3 Å². The number of thioether (sulfide) groups is 3. The molecule has 1 fully saturated rings. The lowest BCUT2D eigenvalue weighted by Crippen LogP contribution is -2.70. The molecule has 2 atom stereocenters. The Morgan fingerprint density at radius 3 is 2.89 bits per heavy atom. The molecule has 9 nitrogen and oxygen atoms in total.